The largest absolute Gasteiger partial charge is 0.493 e. The summed E-state index contributed by atoms with van der Waals surface area (Å²) in [4.78, 5) is 13.2. The molecule has 10 heteroatoms. The van der Waals surface area contributed by atoms with E-state index in [1.807, 2.05) is 51.1 Å². The molecule has 0 atom stereocenters. The van der Waals surface area contributed by atoms with E-state index >= 15 is 0 Å². The Morgan fingerprint density at radius 3 is 2.16 bits per heavy atom. The molecular formula is C33H35N2O7S. The molecule has 0 bridgehead atoms. The quantitative estimate of drug-likeness (QED) is 0.206. The highest BCUT2D eigenvalue weighted by Crippen LogP contribution is 2.43. The third-order valence-electron chi connectivity index (χ3n) is 6.45. The van der Waals surface area contributed by atoms with E-state index in [9.17, 15) is 18.3 Å². The van der Waals surface area contributed by atoms with Gasteiger partial charge in [0.15, 0.2) is 23.0 Å². The lowest BCUT2D eigenvalue weighted by atomic mass is 9.87. The van der Waals surface area contributed by atoms with Gasteiger partial charge in [0.25, 0.3) is 15.9 Å². The highest BCUT2D eigenvalue weighted by molar-refractivity contribution is 7.92. The van der Waals surface area contributed by atoms with Crippen molar-refractivity contribution in [3.8, 4) is 23.0 Å². The van der Waals surface area contributed by atoms with Gasteiger partial charge in [-0.1, -0.05) is 75.4 Å². The number of anilines is 1. The van der Waals surface area contributed by atoms with Gasteiger partial charge in [-0.15, -0.1) is 0 Å². The molecule has 0 saturated carbocycles. The summed E-state index contributed by atoms with van der Waals surface area (Å²) in [6.07, 6.45) is 0. The van der Waals surface area contributed by atoms with Gasteiger partial charge >= 0.3 is 0 Å². The molecule has 2 N–H and O–H groups in total. The number of rotatable bonds is 12. The Kier molecular flexibility index (Phi) is 9.95. The molecule has 4 aromatic rings. The molecule has 0 fully saturated rings. The highest BCUT2D eigenvalue weighted by atomic mass is 32.2. The predicted octanol–water partition coefficient (Wildman–Crippen LogP) is 5.90. The normalized spacial score (nSPS) is 11.5. The summed E-state index contributed by atoms with van der Waals surface area (Å²) in [5.74, 6) is 0.0901. The van der Waals surface area contributed by atoms with Crippen molar-refractivity contribution in [1.82, 2.24) is 5.32 Å². The van der Waals surface area contributed by atoms with E-state index in [-0.39, 0.29) is 58.6 Å². The van der Waals surface area contributed by atoms with Gasteiger partial charge in [0, 0.05) is 5.56 Å². The van der Waals surface area contributed by atoms with Crippen LogP contribution in [0.25, 0.3) is 0 Å². The summed E-state index contributed by atoms with van der Waals surface area (Å²) < 4.78 is 47.2. The molecule has 1 amide bonds. The van der Waals surface area contributed by atoms with Crippen LogP contribution >= 0.6 is 0 Å². The number of carbonyl (C=O) groups is 1. The number of hydrogen-bond acceptors (Lipinski definition) is 7. The van der Waals surface area contributed by atoms with Gasteiger partial charge in [-0.25, -0.2) is 13.7 Å². The number of nitrogens with one attached hydrogen (secondary N) is 1. The Morgan fingerprint density at radius 1 is 0.884 bits per heavy atom. The van der Waals surface area contributed by atoms with Crippen molar-refractivity contribution >= 4 is 21.6 Å². The first-order valence-corrected chi connectivity index (χ1v) is 15.1. The van der Waals surface area contributed by atoms with Crippen LogP contribution in [0.1, 0.15) is 42.3 Å². The fraction of sp³-hybridized carbons (Fsp3) is 0.242. The minimum atomic E-state index is -4.15. The van der Waals surface area contributed by atoms with Crippen LogP contribution in [0.15, 0.2) is 95.9 Å². The molecule has 0 spiro atoms. The fourth-order valence-electron chi connectivity index (χ4n) is 4.16. The van der Waals surface area contributed by atoms with Crippen molar-refractivity contribution in [2.24, 2.45) is 0 Å². The smallest absolute Gasteiger partial charge is 0.273 e. The van der Waals surface area contributed by atoms with Crippen LogP contribution < -0.4 is 24.2 Å². The SMILES string of the molecule is COc1ccccc1Oc1c(NS(=O)(=O)c2ccc(C(C)(C)C)cc2)cc(C(=O)[N]Cc2ccccc2)cc1OCCO. The standard InChI is InChI=1S/C33H35N2O7S/c1-33(2,3)25-14-16-26(17-15-25)43(38,39)35-27-20-24(32(37)34-22-23-10-6-5-7-11-23)21-30(41-19-18-36)31(27)42-29-13-9-8-12-28(29)40-4/h5-17,20-21,35-36H,18-19,22H2,1-4H3. The Balaban J connectivity index is 1.78. The minimum Gasteiger partial charge on any atom is -0.493 e. The summed E-state index contributed by atoms with van der Waals surface area (Å²) in [5.41, 5.74) is 1.65. The van der Waals surface area contributed by atoms with Crippen LogP contribution in [0, 0.1) is 0 Å². The number of carbonyl (C=O) groups excluding carboxylic acids is 1. The van der Waals surface area contributed by atoms with Gasteiger partial charge in [-0.05, 0) is 52.9 Å². The topological polar surface area (TPSA) is 125 Å². The third-order valence-corrected chi connectivity index (χ3v) is 7.84. The van der Waals surface area contributed by atoms with E-state index in [1.54, 1.807) is 36.4 Å². The van der Waals surface area contributed by atoms with Crippen LogP contribution in [0.5, 0.6) is 23.0 Å². The second-order valence-corrected chi connectivity index (χ2v) is 12.3. The van der Waals surface area contributed by atoms with Gasteiger partial charge in [0.2, 0.25) is 0 Å². The Morgan fingerprint density at radius 2 is 1.53 bits per heavy atom. The van der Waals surface area contributed by atoms with E-state index in [0.29, 0.717) is 5.75 Å². The minimum absolute atomic E-state index is 0.0204. The molecule has 0 heterocycles. The van der Waals surface area contributed by atoms with Gasteiger partial charge in [-0.2, -0.15) is 0 Å². The molecule has 0 aliphatic rings. The Hall–Kier alpha value is -4.54. The molecular weight excluding hydrogens is 568 g/mol. The molecule has 0 aliphatic heterocycles. The van der Waals surface area contributed by atoms with Crippen molar-refractivity contribution in [2.45, 2.75) is 37.6 Å². The van der Waals surface area contributed by atoms with Crippen molar-refractivity contribution in [3.05, 3.63) is 108 Å². The zero-order valence-corrected chi connectivity index (χ0v) is 25.4. The predicted molar refractivity (Wildman–Crippen MR) is 165 cm³/mol. The average molecular weight is 604 g/mol. The molecule has 0 saturated heterocycles. The maximum atomic E-state index is 13.6. The fourth-order valence-corrected chi connectivity index (χ4v) is 5.21. The number of hydrogen-bond donors (Lipinski definition) is 2. The van der Waals surface area contributed by atoms with E-state index in [4.69, 9.17) is 14.2 Å². The van der Waals surface area contributed by atoms with Crippen LogP contribution in [0.2, 0.25) is 0 Å². The molecule has 0 aromatic heterocycles. The first kappa shape index (κ1) is 31.4. The number of aliphatic hydroxyl groups excluding tert-OH is 1. The Labute approximate surface area is 252 Å². The number of ether oxygens (including phenoxy) is 3. The molecule has 4 rings (SSSR count). The van der Waals surface area contributed by atoms with Crippen molar-refractivity contribution < 1.29 is 32.5 Å². The van der Waals surface area contributed by atoms with E-state index in [0.717, 1.165) is 11.1 Å². The maximum absolute atomic E-state index is 13.6. The second kappa shape index (κ2) is 13.6. The first-order valence-electron chi connectivity index (χ1n) is 13.6. The number of amides is 1. The number of para-hydroxylation sites is 2. The molecule has 0 aliphatic carbocycles. The summed E-state index contributed by atoms with van der Waals surface area (Å²) in [6.45, 7) is 5.78. The van der Waals surface area contributed by atoms with Gasteiger partial charge < -0.3 is 19.3 Å². The summed E-state index contributed by atoms with van der Waals surface area (Å²) >= 11 is 0. The number of methoxy groups -OCH3 is 1. The van der Waals surface area contributed by atoms with Crippen molar-refractivity contribution in [1.29, 1.82) is 0 Å². The van der Waals surface area contributed by atoms with E-state index < -0.39 is 15.9 Å². The molecule has 1 radical (unpaired) electrons. The number of sulfonamides is 1. The third kappa shape index (κ3) is 8.06. The van der Waals surface area contributed by atoms with E-state index in [2.05, 4.69) is 10.0 Å². The summed E-state index contributed by atoms with van der Waals surface area (Å²) in [7, 11) is -2.67. The van der Waals surface area contributed by atoms with Crippen LogP contribution in [0.4, 0.5) is 5.69 Å². The molecule has 43 heavy (non-hydrogen) atoms. The lowest BCUT2D eigenvalue weighted by Crippen LogP contribution is -2.18. The zero-order chi connectivity index (χ0) is 31.0. The average Bonchev–Trinajstić information content (AvgIpc) is 3.00. The van der Waals surface area contributed by atoms with Crippen molar-refractivity contribution in [2.75, 3.05) is 25.0 Å². The van der Waals surface area contributed by atoms with Gasteiger partial charge in [0.1, 0.15) is 6.61 Å². The lowest BCUT2D eigenvalue weighted by Gasteiger charge is -2.21. The molecule has 4 aromatic carbocycles. The lowest BCUT2D eigenvalue weighted by molar-refractivity contribution is 0.0945. The van der Waals surface area contributed by atoms with Crippen LogP contribution in [-0.2, 0) is 22.0 Å². The molecule has 9 nitrogen and oxygen atoms in total. The van der Waals surface area contributed by atoms with Crippen LogP contribution in [-0.4, -0.2) is 39.8 Å². The zero-order valence-electron chi connectivity index (χ0n) is 24.5. The molecule has 0 unspecified atom stereocenters. The first-order chi connectivity index (χ1) is 20.5. The molecule has 225 valence electrons. The Bertz CT molecular complexity index is 1650. The number of nitrogens with zero attached hydrogens (tertiary/aromatic N) is 1. The monoisotopic (exact) mass is 603 g/mol. The number of benzene rings is 4. The highest BCUT2D eigenvalue weighted by Gasteiger charge is 2.25. The summed E-state index contributed by atoms with van der Waals surface area (Å²) in [6, 6.07) is 25.4. The number of aliphatic hydroxyl groups is 1. The second-order valence-electron chi connectivity index (χ2n) is 10.7. The van der Waals surface area contributed by atoms with Crippen LogP contribution in [0.3, 0.4) is 0 Å². The van der Waals surface area contributed by atoms with Gasteiger partial charge in [-0.3, -0.25) is 9.52 Å². The summed E-state index contributed by atoms with van der Waals surface area (Å²) in [5, 5.41) is 13.7. The van der Waals surface area contributed by atoms with E-state index in [1.165, 1.54) is 31.4 Å². The maximum Gasteiger partial charge on any atom is 0.273 e. The van der Waals surface area contributed by atoms with Gasteiger partial charge in [0.05, 0.1) is 30.8 Å². The van der Waals surface area contributed by atoms with Crippen molar-refractivity contribution in [3.63, 3.8) is 0 Å².